The van der Waals surface area contributed by atoms with E-state index < -0.39 is 0 Å². The molecular formula is C18H19N3OS2. The Bertz CT molecular complexity index is 809. The van der Waals surface area contributed by atoms with Gasteiger partial charge in [-0.05, 0) is 29.2 Å². The topological polar surface area (TPSA) is 47.0 Å². The van der Waals surface area contributed by atoms with E-state index in [9.17, 15) is 0 Å². The van der Waals surface area contributed by atoms with Gasteiger partial charge in [0.05, 0.1) is 6.10 Å². The quantitative estimate of drug-likeness (QED) is 0.655. The van der Waals surface area contributed by atoms with Gasteiger partial charge in [0.2, 0.25) is 5.13 Å². The highest BCUT2D eigenvalue weighted by Crippen LogP contribution is 2.30. The Morgan fingerprint density at radius 2 is 2.08 bits per heavy atom. The van der Waals surface area contributed by atoms with Crippen LogP contribution < -0.4 is 5.32 Å². The molecule has 0 bridgehead atoms. The van der Waals surface area contributed by atoms with Crippen LogP contribution in [0, 0.1) is 0 Å². The van der Waals surface area contributed by atoms with Crippen LogP contribution in [0.25, 0.3) is 10.8 Å². The Kier molecular flexibility index (Phi) is 4.96. The highest BCUT2D eigenvalue weighted by molar-refractivity contribution is 8.00. The number of aromatic nitrogens is 2. The summed E-state index contributed by atoms with van der Waals surface area (Å²) in [6.07, 6.45) is 2.61. The maximum atomic E-state index is 5.62. The minimum Gasteiger partial charge on any atom is -0.376 e. The number of anilines is 1. The molecule has 1 aliphatic rings. The van der Waals surface area contributed by atoms with Gasteiger partial charge < -0.3 is 10.1 Å². The lowest BCUT2D eigenvalue weighted by molar-refractivity contribution is 0.120. The van der Waals surface area contributed by atoms with Crippen LogP contribution in [0.2, 0.25) is 0 Å². The molecule has 1 atom stereocenters. The van der Waals surface area contributed by atoms with Crippen molar-refractivity contribution in [3.05, 3.63) is 48.0 Å². The monoisotopic (exact) mass is 357 g/mol. The highest BCUT2D eigenvalue weighted by Gasteiger charge is 2.16. The van der Waals surface area contributed by atoms with Crippen LogP contribution in [0.15, 0.2) is 46.8 Å². The van der Waals surface area contributed by atoms with E-state index in [1.165, 1.54) is 16.3 Å². The van der Waals surface area contributed by atoms with Crippen molar-refractivity contribution in [2.75, 3.05) is 18.5 Å². The number of hydrogen-bond acceptors (Lipinski definition) is 6. The standard InChI is InChI=1S/C18H19N3OS2/c1-2-9-16-13(5-1)6-3-7-14(16)12-23-18-21-20-17(24-18)19-11-15-8-4-10-22-15/h1-3,5-7,9,15H,4,8,10-12H2,(H,19,20)/t15-/m1/s1. The third-order valence-corrected chi connectivity index (χ3v) is 6.21. The maximum Gasteiger partial charge on any atom is 0.206 e. The lowest BCUT2D eigenvalue weighted by Crippen LogP contribution is -2.18. The molecule has 24 heavy (non-hydrogen) atoms. The van der Waals surface area contributed by atoms with Crippen molar-refractivity contribution in [3.63, 3.8) is 0 Å². The zero-order valence-electron chi connectivity index (χ0n) is 13.3. The predicted octanol–water partition coefficient (Wildman–Crippen LogP) is 4.57. The van der Waals surface area contributed by atoms with Gasteiger partial charge in [-0.15, -0.1) is 10.2 Å². The van der Waals surface area contributed by atoms with Gasteiger partial charge in [0.25, 0.3) is 0 Å². The molecule has 4 rings (SSSR count). The molecule has 2 heterocycles. The van der Waals surface area contributed by atoms with Gasteiger partial charge in [-0.1, -0.05) is 65.6 Å². The summed E-state index contributed by atoms with van der Waals surface area (Å²) >= 11 is 3.36. The molecular weight excluding hydrogens is 338 g/mol. The highest BCUT2D eigenvalue weighted by atomic mass is 32.2. The average Bonchev–Trinajstić information content (AvgIpc) is 3.30. The molecule has 1 aliphatic heterocycles. The summed E-state index contributed by atoms with van der Waals surface area (Å²) in [5, 5.41) is 15.3. The van der Waals surface area contributed by atoms with Crippen molar-refractivity contribution in [3.8, 4) is 0 Å². The first-order valence-electron chi connectivity index (χ1n) is 8.17. The molecule has 4 nitrogen and oxygen atoms in total. The Morgan fingerprint density at radius 3 is 3.00 bits per heavy atom. The number of ether oxygens (including phenoxy) is 1. The fourth-order valence-electron chi connectivity index (χ4n) is 2.90. The summed E-state index contributed by atoms with van der Waals surface area (Å²) in [6, 6.07) is 15.0. The van der Waals surface area contributed by atoms with Crippen LogP contribution in [0.3, 0.4) is 0 Å². The van der Waals surface area contributed by atoms with Crippen molar-refractivity contribution >= 4 is 39.0 Å². The first kappa shape index (κ1) is 15.9. The molecule has 0 unspecified atom stereocenters. The Labute approximate surface area is 149 Å². The van der Waals surface area contributed by atoms with E-state index in [-0.39, 0.29) is 0 Å². The molecule has 3 aromatic rings. The molecule has 1 saturated heterocycles. The SMILES string of the molecule is c1ccc2c(CSc3nnc(NC[C@H]4CCCO4)s3)cccc2c1. The van der Waals surface area contributed by atoms with Crippen LogP contribution in [0.4, 0.5) is 5.13 Å². The molecule has 1 fully saturated rings. The second-order valence-corrected chi connectivity index (χ2v) is 8.02. The Hall–Kier alpha value is -1.63. The van der Waals surface area contributed by atoms with Crippen molar-refractivity contribution in [1.82, 2.24) is 10.2 Å². The lowest BCUT2D eigenvalue weighted by Gasteiger charge is -2.08. The van der Waals surface area contributed by atoms with E-state index in [4.69, 9.17) is 4.74 Å². The van der Waals surface area contributed by atoms with Crippen LogP contribution in [0.1, 0.15) is 18.4 Å². The van der Waals surface area contributed by atoms with Crippen molar-refractivity contribution in [1.29, 1.82) is 0 Å². The molecule has 1 aromatic heterocycles. The molecule has 1 N–H and O–H groups in total. The largest absolute Gasteiger partial charge is 0.376 e. The second kappa shape index (κ2) is 7.51. The molecule has 0 amide bonds. The minimum atomic E-state index is 0.320. The third-order valence-electron chi connectivity index (χ3n) is 4.14. The lowest BCUT2D eigenvalue weighted by atomic mass is 10.1. The smallest absolute Gasteiger partial charge is 0.206 e. The number of rotatable bonds is 6. The first-order valence-corrected chi connectivity index (χ1v) is 9.97. The van der Waals surface area contributed by atoms with Gasteiger partial charge in [0.1, 0.15) is 0 Å². The zero-order valence-corrected chi connectivity index (χ0v) is 14.9. The molecule has 2 aromatic carbocycles. The Morgan fingerprint density at radius 1 is 1.17 bits per heavy atom. The third kappa shape index (κ3) is 3.71. The Balaban J connectivity index is 1.37. The van der Waals surface area contributed by atoms with Crippen LogP contribution in [-0.4, -0.2) is 29.5 Å². The van der Waals surface area contributed by atoms with Crippen molar-refractivity contribution in [2.24, 2.45) is 0 Å². The van der Waals surface area contributed by atoms with Crippen LogP contribution in [-0.2, 0) is 10.5 Å². The van der Waals surface area contributed by atoms with Gasteiger partial charge in [-0.25, -0.2) is 0 Å². The number of hydrogen-bond donors (Lipinski definition) is 1. The summed E-state index contributed by atoms with van der Waals surface area (Å²) in [7, 11) is 0. The van der Waals surface area contributed by atoms with E-state index in [1.54, 1.807) is 23.1 Å². The number of benzene rings is 2. The van der Waals surface area contributed by atoms with E-state index in [0.717, 1.165) is 41.2 Å². The zero-order chi connectivity index (χ0) is 16.2. The van der Waals surface area contributed by atoms with Crippen molar-refractivity contribution < 1.29 is 4.74 Å². The predicted molar refractivity (Wildman–Crippen MR) is 101 cm³/mol. The average molecular weight is 358 g/mol. The molecule has 0 spiro atoms. The number of thioether (sulfide) groups is 1. The second-order valence-electron chi connectivity index (χ2n) is 5.82. The molecule has 0 aliphatic carbocycles. The van der Waals surface area contributed by atoms with E-state index in [1.807, 2.05) is 0 Å². The molecule has 124 valence electrons. The van der Waals surface area contributed by atoms with Crippen LogP contribution in [0.5, 0.6) is 0 Å². The van der Waals surface area contributed by atoms with Gasteiger partial charge in [-0.3, -0.25) is 0 Å². The van der Waals surface area contributed by atoms with Crippen LogP contribution >= 0.6 is 23.1 Å². The maximum absolute atomic E-state index is 5.62. The van der Waals surface area contributed by atoms with Crippen molar-refractivity contribution in [2.45, 2.75) is 29.0 Å². The van der Waals surface area contributed by atoms with Gasteiger partial charge in [-0.2, -0.15) is 0 Å². The molecule has 0 saturated carbocycles. The summed E-state index contributed by atoms with van der Waals surface area (Å²) in [4.78, 5) is 0. The van der Waals surface area contributed by atoms with E-state index in [0.29, 0.717) is 6.10 Å². The summed E-state index contributed by atoms with van der Waals surface area (Å²) < 4.78 is 6.61. The number of nitrogens with one attached hydrogen (secondary N) is 1. The fourth-order valence-corrected chi connectivity index (χ4v) is 4.67. The summed E-state index contributed by atoms with van der Waals surface area (Å²) in [6.45, 7) is 1.71. The molecule has 6 heteroatoms. The summed E-state index contributed by atoms with van der Waals surface area (Å²) in [5.74, 6) is 0.904. The van der Waals surface area contributed by atoms with E-state index in [2.05, 4.69) is 58.0 Å². The normalized spacial score (nSPS) is 17.4. The van der Waals surface area contributed by atoms with Gasteiger partial charge in [0.15, 0.2) is 4.34 Å². The number of fused-ring (bicyclic) bond motifs is 1. The fraction of sp³-hybridized carbons (Fsp3) is 0.333. The molecule has 0 radical (unpaired) electrons. The minimum absolute atomic E-state index is 0.320. The first-order chi connectivity index (χ1) is 11.9. The van der Waals surface area contributed by atoms with E-state index >= 15 is 0 Å². The van der Waals surface area contributed by atoms with Gasteiger partial charge in [0, 0.05) is 18.9 Å². The number of nitrogens with zero attached hydrogens (tertiary/aromatic N) is 2. The summed E-state index contributed by atoms with van der Waals surface area (Å²) in [5.41, 5.74) is 1.34. The van der Waals surface area contributed by atoms with Gasteiger partial charge >= 0.3 is 0 Å².